The lowest BCUT2D eigenvalue weighted by molar-refractivity contribution is 0.182. The summed E-state index contributed by atoms with van der Waals surface area (Å²) in [6.07, 6.45) is 5.84. The molecule has 1 aromatic carbocycles. The first-order valence-corrected chi connectivity index (χ1v) is 7.92. The van der Waals surface area contributed by atoms with Crippen molar-refractivity contribution in [3.8, 4) is 0 Å². The second-order valence-electron chi connectivity index (χ2n) is 5.89. The van der Waals surface area contributed by atoms with Gasteiger partial charge in [-0.1, -0.05) is 18.2 Å². The van der Waals surface area contributed by atoms with Crippen LogP contribution in [0.1, 0.15) is 18.4 Å². The van der Waals surface area contributed by atoms with Gasteiger partial charge in [-0.3, -0.25) is 4.98 Å². The van der Waals surface area contributed by atoms with Crippen LogP contribution in [-0.2, 0) is 6.42 Å². The molecule has 0 aliphatic carbocycles. The summed E-state index contributed by atoms with van der Waals surface area (Å²) in [5.74, 6) is 0.294. The Hall–Kier alpha value is -2.43. The number of piperidine rings is 1. The molecule has 1 fully saturated rings. The number of urea groups is 1. The monoisotopic (exact) mass is 313 g/mol. The van der Waals surface area contributed by atoms with Crippen molar-refractivity contribution in [2.75, 3.05) is 18.4 Å². The Morgan fingerprint density at radius 3 is 2.57 bits per heavy atom. The van der Waals surface area contributed by atoms with Crippen LogP contribution in [0.25, 0.3) is 0 Å². The normalized spacial score (nSPS) is 15.4. The number of hydrogen-bond acceptors (Lipinski definition) is 2. The molecule has 1 saturated heterocycles. The van der Waals surface area contributed by atoms with Gasteiger partial charge in [-0.15, -0.1) is 0 Å². The molecule has 0 spiro atoms. The van der Waals surface area contributed by atoms with Crippen molar-refractivity contribution in [3.63, 3.8) is 0 Å². The predicted molar refractivity (Wildman–Crippen MR) is 87.7 cm³/mol. The molecule has 1 N–H and O–H groups in total. The van der Waals surface area contributed by atoms with Crippen molar-refractivity contribution in [1.82, 2.24) is 9.88 Å². The maximum absolute atomic E-state index is 13.7. The molecule has 2 heterocycles. The van der Waals surface area contributed by atoms with Crippen molar-refractivity contribution >= 4 is 11.7 Å². The molecular weight excluding hydrogens is 293 g/mol. The van der Waals surface area contributed by atoms with Crippen LogP contribution in [0.4, 0.5) is 14.9 Å². The van der Waals surface area contributed by atoms with E-state index in [1.165, 1.54) is 6.07 Å². The zero-order chi connectivity index (χ0) is 16.1. The number of aromatic nitrogens is 1. The van der Waals surface area contributed by atoms with E-state index in [-0.39, 0.29) is 11.8 Å². The standard InChI is InChI=1S/C18H20FN3O/c19-17-4-2-1-3-15(17)13-14-7-11-22(12-8-14)18(23)21-16-5-9-20-10-6-16/h1-6,9-10,14H,7-8,11-13H2,(H,20,21,23). The summed E-state index contributed by atoms with van der Waals surface area (Å²) in [5, 5.41) is 2.87. The van der Waals surface area contributed by atoms with Gasteiger partial charge in [-0.2, -0.15) is 0 Å². The lowest BCUT2D eigenvalue weighted by Crippen LogP contribution is -2.41. The van der Waals surface area contributed by atoms with Crippen LogP contribution in [-0.4, -0.2) is 29.0 Å². The fourth-order valence-electron chi connectivity index (χ4n) is 2.95. The third-order valence-electron chi connectivity index (χ3n) is 4.30. The lowest BCUT2D eigenvalue weighted by atomic mass is 9.90. The molecule has 1 aliphatic rings. The van der Waals surface area contributed by atoms with E-state index in [0.29, 0.717) is 19.0 Å². The quantitative estimate of drug-likeness (QED) is 0.939. The molecule has 4 nitrogen and oxygen atoms in total. The zero-order valence-corrected chi connectivity index (χ0v) is 12.9. The molecule has 23 heavy (non-hydrogen) atoms. The van der Waals surface area contributed by atoms with E-state index in [4.69, 9.17) is 0 Å². The van der Waals surface area contributed by atoms with E-state index in [1.807, 2.05) is 17.0 Å². The highest BCUT2D eigenvalue weighted by molar-refractivity contribution is 5.89. The first kappa shape index (κ1) is 15.5. The number of nitrogens with one attached hydrogen (secondary N) is 1. The summed E-state index contributed by atoms with van der Waals surface area (Å²) in [5.41, 5.74) is 1.52. The Balaban J connectivity index is 1.50. The molecule has 1 aromatic heterocycles. The van der Waals surface area contributed by atoms with E-state index in [0.717, 1.165) is 30.5 Å². The summed E-state index contributed by atoms with van der Waals surface area (Å²) < 4.78 is 13.7. The van der Waals surface area contributed by atoms with Gasteiger partial charge in [0.05, 0.1) is 0 Å². The number of benzene rings is 1. The third-order valence-corrected chi connectivity index (χ3v) is 4.30. The van der Waals surface area contributed by atoms with Crippen LogP contribution in [0.15, 0.2) is 48.8 Å². The third kappa shape index (κ3) is 4.06. The maximum Gasteiger partial charge on any atom is 0.321 e. The lowest BCUT2D eigenvalue weighted by Gasteiger charge is -2.32. The highest BCUT2D eigenvalue weighted by atomic mass is 19.1. The van der Waals surface area contributed by atoms with Gasteiger partial charge in [0.1, 0.15) is 5.82 Å². The first-order chi connectivity index (χ1) is 11.2. The van der Waals surface area contributed by atoms with Crippen LogP contribution in [0.2, 0.25) is 0 Å². The van der Waals surface area contributed by atoms with Crippen molar-refractivity contribution in [2.24, 2.45) is 5.92 Å². The van der Waals surface area contributed by atoms with Crippen molar-refractivity contribution in [2.45, 2.75) is 19.3 Å². The Labute approximate surface area is 135 Å². The van der Waals surface area contributed by atoms with Crippen LogP contribution in [0, 0.1) is 11.7 Å². The number of anilines is 1. The average molecular weight is 313 g/mol. The zero-order valence-electron chi connectivity index (χ0n) is 12.9. The SMILES string of the molecule is O=C(Nc1ccncc1)N1CCC(Cc2ccccc2F)CC1. The molecule has 0 unspecified atom stereocenters. The molecule has 0 atom stereocenters. The van der Waals surface area contributed by atoms with Crippen LogP contribution in [0.3, 0.4) is 0 Å². The summed E-state index contributed by atoms with van der Waals surface area (Å²) in [6, 6.07) is 10.4. The van der Waals surface area contributed by atoms with Gasteiger partial charge in [-0.05, 0) is 48.9 Å². The molecule has 0 radical (unpaired) electrons. The first-order valence-electron chi connectivity index (χ1n) is 7.92. The predicted octanol–water partition coefficient (Wildman–Crippen LogP) is 3.71. The number of halogens is 1. The highest BCUT2D eigenvalue weighted by Crippen LogP contribution is 2.23. The number of rotatable bonds is 3. The van der Waals surface area contributed by atoms with E-state index in [9.17, 15) is 9.18 Å². The highest BCUT2D eigenvalue weighted by Gasteiger charge is 2.23. The number of carbonyl (C=O) groups excluding carboxylic acids is 1. The average Bonchev–Trinajstić information content (AvgIpc) is 2.58. The van der Waals surface area contributed by atoms with Crippen molar-refractivity contribution in [3.05, 3.63) is 60.2 Å². The molecule has 0 bridgehead atoms. The van der Waals surface area contributed by atoms with Gasteiger partial charge in [0.2, 0.25) is 0 Å². The van der Waals surface area contributed by atoms with Crippen molar-refractivity contribution < 1.29 is 9.18 Å². The minimum atomic E-state index is -0.134. The van der Waals surface area contributed by atoms with Gasteiger partial charge in [0.15, 0.2) is 0 Å². The second kappa shape index (κ2) is 7.22. The topological polar surface area (TPSA) is 45.2 Å². The summed E-state index contributed by atoms with van der Waals surface area (Å²) in [6.45, 7) is 1.41. The molecule has 5 heteroatoms. The number of likely N-dealkylation sites (tertiary alicyclic amines) is 1. The van der Waals surface area contributed by atoms with E-state index < -0.39 is 0 Å². The molecule has 2 aromatic rings. The largest absolute Gasteiger partial charge is 0.325 e. The Bertz CT molecular complexity index is 654. The van der Waals surface area contributed by atoms with Gasteiger partial charge < -0.3 is 10.2 Å². The number of pyridine rings is 1. The molecule has 0 saturated carbocycles. The summed E-state index contributed by atoms with van der Waals surface area (Å²) in [4.78, 5) is 18.0. The molecule has 1 aliphatic heterocycles. The fourth-order valence-corrected chi connectivity index (χ4v) is 2.95. The minimum Gasteiger partial charge on any atom is -0.325 e. The molecule has 120 valence electrons. The second-order valence-corrected chi connectivity index (χ2v) is 5.89. The Morgan fingerprint density at radius 1 is 1.17 bits per heavy atom. The fraction of sp³-hybridized carbons (Fsp3) is 0.333. The van der Waals surface area contributed by atoms with E-state index in [2.05, 4.69) is 10.3 Å². The molecule has 2 amide bonds. The van der Waals surface area contributed by atoms with Crippen LogP contribution < -0.4 is 5.32 Å². The Kier molecular flexibility index (Phi) is 4.86. The molecular formula is C18H20FN3O. The summed E-state index contributed by atoms with van der Waals surface area (Å²) >= 11 is 0. The number of carbonyl (C=O) groups is 1. The smallest absolute Gasteiger partial charge is 0.321 e. The minimum absolute atomic E-state index is 0.0828. The van der Waals surface area contributed by atoms with E-state index in [1.54, 1.807) is 30.6 Å². The van der Waals surface area contributed by atoms with Gasteiger partial charge in [0.25, 0.3) is 0 Å². The van der Waals surface area contributed by atoms with E-state index >= 15 is 0 Å². The van der Waals surface area contributed by atoms with Crippen LogP contribution in [0.5, 0.6) is 0 Å². The van der Waals surface area contributed by atoms with Gasteiger partial charge in [0, 0.05) is 31.2 Å². The number of amides is 2. The number of nitrogens with zero attached hydrogens (tertiary/aromatic N) is 2. The molecule has 3 rings (SSSR count). The van der Waals surface area contributed by atoms with Crippen molar-refractivity contribution in [1.29, 1.82) is 0 Å². The summed E-state index contributed by atoms with van der Waals surface area (Å²) in [7, 11) is 0. The number of hydrogen-bond donors (Lipinski definition) is 1. The van der Waals surface area contributed by atoms with Crippen LogP contribution >= 0.6 is 0 Å². The Morgan fingerprint density at radius 2 is 1.87 bits per heavy atom. The maximum atomic E-state index is 13.7. The van der Waals surface area contributed by atoms with Gasteiger partial charge in [-0.25, -0.2) is 9.18 Å². The van der Waals surface area contributed by atoms with Gasteiger partial charge >= 0.3 is 6.03 Å².